The molecule has 1 aliphatic carbocycles. The minimum atomic E-state index is 0.304. The molecule has 0 aliphatic heterocycles. The second-order valence-electron chi connectivity index (χ2n) is 3.60. The van der Waals surface area contributed by atoms with Crippen LogP contribution in [-0.2, 0) is 0 Å². The highest BCUT2D eigenvalue weighted by Gasteiger charge is 2.28. The van der Waals surface area contributed by atoms with Crippen LogP contribution >= 0.6 is 23.4 Å². The molecule has 1 atom stereocenters. The van der Waals surface area contributed by atoms with Crippen molar-refractivity contribution in [1.29, 1.82) is 0 Å². The Morgan fingerprint density at radius 1 is 1.64 bits per heavy atom. The van der Waals surface area contributed by atoms with Crippen LogP contribution < -0.4 is 5.73 Å². The lowest BCUT2D eigenvalue weighted by molar-refractivity contribution is 0.659. The molecule has 14 heavy (non-hydrogen) atoms. The van der Waals surface area contributed by atoms with Gasteiger partial charge in [0.05, 0.1) is 5.02 Å². The lowest BCUT2D eigenvalue weighted by Crippen LogP contribution is -2.25. The second-order valence-corrected chi connectivity index (χ2v) is 5.02. The summed E-state index contributed by atoms with van der Waals surface area (Å²) in [6.07, 6.45) is 4.34. The van der Waals surface area contributed by atoms with Gasteiger partial charge in [0.1, 0.15) is 5.03 Å². The standard InChI is InChI=1S/C10H13ClN2S/c11-8-2-1-5-13-10(8)14-6-9(12)7-3-4-7/h1-2,5,7,9H,3-4,6,12H2. The summed E-state index contributed by atoms with van der Waals surface area (Å²) in [7, 11) is 0. The highest BCUT2D eigenvalue weighted by molar-refractivity contribution is 7.99. The normalized spacial score (nSPS) is 18.1. The zero-order chi connectivity index (χ0) is 9.97. The maximum absolute atomic E-state index is 5.99. The molecule has 0 bridgehead atoms. The molecule has 2 nitrogen and oxygen atoms in total. The van der Waals surface area contributed by atoms with Gasteiger partial charge in [-0.15, -0.1) is 11.8 Å². The van der Waals surface area contributed by atoms with Gasteiger partial charge in [-0.2, -0.15) is 0 Å². The summed E-state index contributed by atoms with van der Waals surface area (Å²) in [4.78, 5) is 4.21. The summed E-state index contributed by atoms with van der Waals surface area (Å²) in [5.74, 6) is 1.66. The molecule has 76 valence electrons. The van der Waals surface area contributed by atoms with Crippen molar-refractivity contribution in [3.8, 4) is 0 Å². The Balaban J connectivity index is 1.87. The van der Waals surface area contributed by atoms with Crippen LogP contribution in [0.4, 0.5) is 0 Å². The van der Waals surface area contributed by atoms with Gasteiger partial charge in [-0.1, -0.05) is 11.6 Å². The Morgan fingerprint density at radius 2 is 2.43 bits per heavy atom. The number of pyridine rings is 1. The Kier molecular flexibility index (Phi) is 3.31. The largest absolute Gasteiger partial charge is 0.327 e. The summed E-state index contributed by atoms with van der Waals surface area (Å²) in [5.41, 5.74) is 5.99. The molecular weight excluding hydrogens is 216 g/mol. The van der Waals surface area contributed by atoms with Crippen LogP contribution in [0.5, 0.6) is 0 Å². The molecule has 2 rings (SSSR count). The van der Waals surface area contributed by atoms with Crippen LogP contribution in [0.1, 0.15) is 12.8 Å². The minimum Gasteiger partial charge on any atom is -0.327 e. The van der Waals surface area contributed by atoms with Crippen molar-refractivity contribution < 1.29 is 0 Å². The third-order valence-corrected chi connectivity index (χ3v) is 3.93. The van der Waals surface area contributed by atoms with Crippen LogP contribution in [0.3, 0.4) is 0 Å². The zero-order valence-electron chi connectivity index (χ0n) is 7.82. The Bertz CT molecular complexity index is 315. The van der Waals surface area contributed by atoms with Crippen molar-refractivity contribution in [1.82, 2.24) is 4.98 Å². The number of thioether (sulfide) groups is 1. The van der Waals surface area contributed by atoms with Gasteiger partial charge < -0.3 is 5.73 Å². The highest BCUT2D eigenvalue weighted by atomic mass is 35.5. The predicted octanol–water partition coefficient (Wildman–Crippen LogP) is 2.56. The topological polar surface area (TPSA) is 38.9 Å². The molecule has 1 heterocycles. The molecule has 0 saturated heterocycles. The van der Waals surface area contributed by atoms with Gasteiger partial charge in [0.25, 0.3) is 0 Å². The maximum atomic E-state index is 5.99. The van der Waals surface area contributed by atoms with Crippen molar-refractivity contribution in [2.24, 2.45) is 11.7 Å². The fourth-order valence-corrected chi connectivity index (χ4v) is 2.56. The van der Waals surface area contributed by atoms with Gasteiger partial charge in [-0.05, 0) is 30.9 Å². The first-order valence-corrected chi connectivity index (χ1v) is 6.12. The van der Waals surface area contributed by atoms with E-state index in [1.165, 1.54) is 12.8 Å². The fourth-order valence-electron chi connectivity index (χ4n) is 1.31. The molecule has 0 aromatic carbocycles. The van der Waals surface area contributed by atoms with Crippen molar-refractivity contribution in [3.05, 3.63) is 23.4 Å². The second kappa shape index (κ2) is 4.51. The molecule has 1 aromatic rings. The minimum absolute atomic E-state index is 0.304. The van der Waals surface area contributed by atoms with Crippen molar-refractivity contribution in [3.63, 3.8) is 0 Å². The average Bonchev–Trinajstić information content (AvgIpc) is 2.99. The number of hydrogen-bond donors (Lipinski definition) is 1. The van der Waals surface area contributed by atoms with E-state index in [0.29, 0.717) is 6.04 Å². The number of nitrogens with two attached hydrogens (primary N) is 1. The first kappa shape index (κ1) is 10.3. The van der Waals surface area contributed by atoms with Crippen molar-refractivity contribution in [2.45, 2.75) is 23.9 Å². The summed E-state index contributed by atoms with van der Waals surface area (Å²) in [5, 5.41) is 1.62. The van der Waals surface area contributed by atoms with E-state index < -0.39 is 0 Å². The van der Waals surface area contributed by atoms with E-state index in [-0.39, 0.29) is 0 Å². The Morgan fingerprint density at radius 3 is 3.07 bits per heavy atom. The molecule has 4 heteroatoms. The van der Waals surface area contributed by atoms with E-state index in [0.717, 1.165) is 21.7 Å². The average molecular weight is 229 g/mol. The molecule has 2 N–H and O–H groups in total. The van der Waals surface area contributed by atoms with E-state index >= 15 is 0 Å². The van der Waals surface area contributed by atoms with E-state index in [2.05, 4.69) is 4.98 Å². The molecule has 1 fully saturated rings. The molecular formula is C10H13ClN2S. The van der Waals surface area contributed by atoms with Crippen LogP contribution in [0.2, 0.25) is 5.02 Å². The zero-order valence-corrected chi connectivity index (χ0v) is 9.39. The molecule has 1 aromatic heterocycles. The highest BCUT2D eigenvalue weighted by Crippen LogP contribution is 2.34. The summed E-state index contributed by atoms with van der Waals surface area (Å²) in [6, 6.07) is 4.00. The van der Waals surface area contributed by atoms with Crippen molar-refractivity contribution in [2.75, 3.05) is 5.75 Å². The number of aromatic nitrogens is 1. The van der Waals surface area contributed by atoms with E-state index in [1.807, 2.05) is 12.1 Å². The summed E-state index contributed by atoms with van der Waals surface area (Å²) < 4.78 is 0. The molecule has 1 saturated carbocycles. The summed E-state index contributed by atoms with van der Waals surface area (Å²) in [6.45, 7) is 0. The molecule has 1 aliphatic rings. The number of rotatable bonds is 4. The van der Waals surface area contributed by atoms with Crippen LogP contribution in [0, 0.1) is 5.92 Å². The fraction of sp³-hybridized carbons (Fsp3) is 0.500. The Labute approximate surface area is 93.2 Å². The third kappa shape index (κ3) is 2.62. The molecule has 0 spiro atoms. The molecule has 0 amide bonds. The first-order chi connectivity index (χ1) is 6.77. The van der Waals surface area contributed by atoms with Crippen LogP contribution in [-0.4, -0.2) is 16.8 Å². The van der Waals surface area contributed by atoms with Gasteiger partial charge in [0, 0.05) is 18.0 Å². The number of nitrogens with zero attached hydrogens (tertiary/aromatic N) is 1. The number of halogens is 1. The van der Waals surface area contributed by atoms with Gasteiger partial charge >= 0.3 is 0 Å². The van der Waals surface area contributed by atoms with E-state index in [1.54, 1.807) is 18.0 Å². The third-order valence-electron chi connectivity index (χ3n) is 2.36. The predicted molar refractivity (Wildman–Crippen MR) is 60.7 cm³/mol. The first-order valence-electron chi connectivity index (χ1n) is 4.76. The van der Waals surface area contributed by atoms with E-state index in [4.69, 9.17) is 17.3 Å². The SMILES string of the molecule is NC(CSc1ncccc1Cl)C1CC1. The van der Waals surface area contributed by atoms with Gasteiger partial charge in [-0.25, -0.2) is 4.98 Å². The Hall–Kier alpha value is -0.250. The van der Waals surface area contributed by atoms with Gasteiger partial charge in [0.15, 0.2) is 0 Å². The molecule has 1 unspecified atom stereocenters. The van der Waals surface area contributed by atoms with Crippen LogP contribution in [0.25, 0.3) is 0 Å². The monoisotopic (exact) mass is 228 g/mol. The lowest BCUT2D eigenvalue weighted by atomic mass is 10.2. The lowest BCUT2D eigenvalue weighted by Gasteiger charge is -2.09. The maximum Gasteiger partial charge on any atom is 0.115 e. The number of hydrogen-bond acceptors (Lipinski definition) is 3. The molecule has 0 radical (unpaired) electrons. The van der Waals surface area contributed by atoms with Crippen LogP contribution in [0.15, 0.2) is 23.4 Å². The smallest absolute Gasteiger partial charge is 0.115 e. The van der Waals surface area contributed by atoms with Crippen molar-refractivity contribution >= 4 is 23.4 Å². The summed E-state index contributed by atoms with van der Waals surface area (Å²) >= 11 is 7.63. The van der Waals surface area contributed by atoms with E-state index in [9.17, 15) is 0 Å². The van der Waals surface area contributed by atoms with Gasteiger partial charge in [0.2, 0.25) is 0 Å². The van der Waals surface area contributed by atoms with Gasteiger partial charge in [-0.3, -0.25) is 0 Å². The quantitative estimate of drug-likeness (QED) is 0.806.